The Morgan fingerprint density at radius 2 is 1.93 bits per heavy atom. The van der Waals surface area contributed by atoms with Gasteiger partial charge in [-0.2, -0.15) is 5.10 Å². The maximum atomic E-state index is 12.4. The van der Waals surface area contributed by atoms with E-state index in [0.29, 0.717) is 12.2 Å². The van der Waals surface area contributed by atoms with Crippen LogP contribution in [0.1, 0.15) is 32.7 Å². The molecule has 144 valence electrons. The average molecular weight is 376 g/mol. The number of para-hydroxylation sites is 1. The van der Waals surface area contributed by atoms with Crippen molar-refractivity contribution < 1.29 is 14.3 Å². The molecule has 0 fully saturated rings. The van der Waals surface area contributed by atoms with Gasteiger partial charge in [0.15, 0.2) is 5.78 Å². The van der Waals surface area contributed by atoms with E-state index >= 15 is 0 Å². The molecule has 0 N–H and O–H groups in total. The number of carbonyl (C=O) groups excluding carboxylic acids is 1. The largest absolute Gasteiger partial charge is 0.496 e. The molecule has 0 radical (unpaired) electrons. The molecular weight excluding hydrogens is 352 g/mol. The van der Waals surface area contributed by atoms with Crippen molar-refractivity contribution in [3.8, 4) is 11.5 Å². The minimum atomic E-state index is -0.0703. The molecule has 1 heterocycles. The highest BCUT2D eigenvalue weighted by atomic mass is 16.5. The maximum Gasteiger partial charge on any atom is 0.189 e. The second-order valence-corrected chi connectivity index (χ2v) is 6.59. The number of aryl methyl sites for hydroxylation is 2. The van der Waals surface area contributed by atoms with Crippen LogP contribution in [0.3, 0.4) is 0 Å². The van der Waals surface area contributed by atoms with E-state index in [0.717, 1.165) is 33.9 Å². The molecule has 0 saturated carbocycles. The van der Waals surface area contributed by atoms with Gasteiger partial charge in [0.1, 0.15) is 18.1 Å². The zero-order valence-electron chi connectivity index (χ0n) is 16.6. The first-order valence-corrected chi connectivity index (χ1v) is 9.06. The van der Waals surface area contributed by atoms with Crippen molar-refractivity contribution in [2.45, 2.75) is 20.5 Å². The van der Waals surface area contributed by atoms with Crippen LogP contribution >= 0.6 is 0 Å². The van der Waals surface area contributed by atoms with Crippen LogP contribution in [-0.2, 0) is 13.7 Å². The van der Waals surface area contributed by atoms with Gasteiger partial charge in [0.05, 0.1) is 18.9 Å². The minimum Gasteiger partial charge on any atom is -0.496 e. The van der Waals surface area contributed by atoms with Gasteiger partial charge < -0.3 is 9.47 Å². The second-order valence-electron chi connectivity index (χ2n) is 6.59. The Morgan fingerprint density at radius 1 is 1.14 bits per heavy atom. The number of ketones is 1. The zero-order chi connectivity index (χ0) is 20.1. The normalized spacial score (nSPS) is 11.0. The van der Waals surface area contributed by atoms with Crippen LogP contribution in [0.2, 0.25) is 0 Å². The molecule has 5 nitrogen and oxygen atoms in total. The van der Waals surface area contributed by atoms with Crippen molar-refractivity contribution in [3.05, 3.63) is 82.7 Å². The number of ether oxygens (including phenoxy) is 2. The fraction of sp³-hybridized carbons (Fsp3) is 0.217. The quantitative estimate of drug-likeness (QED) is 0.449. The Morgan fingerprint density at radius 3 is 2.61 bits per heavy atom. The van der Waals surface area contributed by atoms with Crippen molar-refractivity contribution >= 4 is 11.9 Å². The van der Waals surface area contributed by atoms with Gasteiger partial charge in [-0.1, -0.05) is 30.3 Å². The first-order chi connectivity index (χ1) is 13.5. The lowest BCUT2D eigenvalue weighted by Crippen LogP contribution is -2.00. The highest BCUT2D eigenvalue weighted by Gasteiger charge is 2.10. The highest BCUT2D eigenvalue weighted by molar-refractivity contribution is 6.07. The monoisotopic (exact) mass is 376 g/mol. The summed E-state index contributed by atoms with van der Waals surface area (Å²) in [6.07, 6.45) is 4.96. The summed E-state index contributed by atoms with van der Waals surface area (Å²) in [5.41, 5.74) is 4.35. The Kier molecular flexibility index (Phi) is 5.94. The van der Waals surface area contributed by atoms with Crippen molar-refractivity contribution in [2.75, 3.05) is 7.11 Å². The first kappa shape index (κ1) is 19.4. The number of hydrogen-bond acceptors (Lipinski definition) is 4. The fourth-order valence-corrected chi connectivity index (χ4v) is 2.89. The number of aromatic nitrogens is 2. The van der Waals surface area contributed by atoms with Gasteiger partial charge in [-0.3, -0.25) is 9.48 Å². The molecule has 0 saturated heterocycles. The summed E-state index contributed by atoms with van der Waals surface area (Å²) in [4.78, 5) is 12.4. The first-order valence-electron chi connectivity index (χ1n) is 9.06. The van der Waals surface area contributed by atoms with Crippen molar-refractivity contribution in [3.63, 3.8) is 0 Å². The molecular formula is C23H24N2O3. The molecule has 0 aliphatic heterocycles. The summed E-state index contributed by atoms with van der Waals surface area (Å²) in [6, 6.07) is 13.7. The third-order valence-corrected chi connectivity index (χ3v) is 4.71. The van der Waals surface area contributed by atoms with Gasteiger partial charge in [0.2, 0.25) is 0 Å². The molecule has 3 aromatic rings. The summed E-state index contributed by atoms with van der Waals surface area (Å²) >= 11 is 0. The van der Waals surface area contributed by atoms with Crippen LogP contribution in [0, 0.1) is 13.8 Å². The lowest BCUT2D eigenvalue weighted by molar-refractivity contribution is 0.104. The molecule has 0 aliphatic carbocycles. The van der Waals surface area contributed by atoms with Crippen molar-refractivity contribution in [1.82, 2.24) is 9.78 Å². The van der Waals surface area contributed by atoms with Gasteiger partial charge >= 0.3 is 0 Å². The number of methoxy groups -OCH3 is 1. The molecule has 3 rings (SSSR count). The Balaban J connectivity index is 1.77. The maximum absolute atomic E-state index is 12.4. The predicted octanol–water partition coefficient (Wildman–Crippen LogP) is 4.52. The lowest BCUT2D eigenvalue weighted by atomic mass is 10.1. The smallest absolute Gasteiger partial charge is 0.189 e. The third-order valence-electron chi connectivity index (χ3n) is 4.71. The molecule has 28 heavy (non-hydrogen) atoms. The molecule has 0 unspecified atom stereocenters. The van der Waals surface area contributed by atoms with E-state index < -0.39 is 0 Å². The standard InChI is InChI=1S/C23H24N2O3/c1-16-7-5-6-8-22(16)28-15-19-13-18(10-12-23(19)27-4)9-11-21(26)20-14-24-25(3)17(20)2/h5-14H,15H2,1-4H3/b11-9+. The summed E-state index contributed by atoms with van der Waals surface area (Å²) in [5.74, 6) is 1.52. The van der Waals surface area contributed by atoms with E-state index in [1.807, 2.05) is 63.4 Å². The topological polar surface area (TPSA) is 53.3 Å². The fourth-order valence-electron chi connectivity index (χ4n) is 2.89. The van der Waals surface area contributed by atoms with E-state index in [4.69, 9.17) is 9.47 Å². The summed E-state index contributed by atoms with van der Waals surface area (Å²) in [6.45, 7) is 4.27. The van der Waals surface area contributed by atoms with E-state index in [1.54, 1.807) is 30.1 Å². The SMILES string of the molecule is COc1ccc(/C=C/C(=O)c2cnn(C)c2C)cc1COc1ccccc1C. The number of rotatable bonds is 7. The Bertz CT molecular complexity index is 1020. The average Bonchev–Trinajstić information content (AvgIpc) is 3.04. The molecule has 0 bridgehead atoms. The van der Waals surface area contributed by atoms with E-state index in [2.05, 4.69) is 5.10 Å². The summed E-state index contributed by atoms with van der Waals surface area (Å²) < 4.78 is 13.1. The van der Waals surface area contributed by atoms with Gasteiger partial charge in [0, 0.05) is 18.3 Å². The Hall–Kier alpha value is -3.34. The van der Waals surface area contributed by atoms with Crippen LogP contribution < -0.4 is 9.47 Å². The zero-order valence-corrected chi connectivity index (χ0v) is 16.6. The number of hydrogen-bond donors (Lipinski definition) is 0. The number of benzene rings is 2. The molecule has 0 amide bonds. The van der Waals surface area contributed by atoms with Crippen LogP contribution in [0.5, 0.6) is 11.5 Å². The molecule has 0 aliphatic rings. The molecule has 1 aromatic heterocycles. The third kappa shape index (κ3) is 4.31. The van der Waals surface area contributed by atoms with Gasteiger partial charge in [-0.15, -0.1) is 0 Å². The summed E-state index contributed by atoms with van der Waals surface area (Å²) in [7, 11) is 3.46. The predicted molar refractivity (Wildman–Crippen MR) is 110 cm³/mol. The number of carbonyl (C=O) groups is 1. The van der Waals surface area contributed by atoms with Crippen LogP contribution in [0.15, 0.2) is 54.7 Å². The van der Waals surface area contributed by atoms with Gasteiger partial charge in [-0.05, 0) is 49.2 Å². The highest BCUT2D eigenvalue weighted by Crippen LogP contribution is 2.24. The van der Waals surface area contributed by atoms with E-state index in [-0.39, 0.29) is 5.78 Å². The molecule has 2 aromatic carbocycles. The molecule has 0 atom stereocenters. The Labute approximate surface area is 165 Å². The van der Waals surface area contributed by atoms with E-state index in [1.165, 1.54) is 0 Å². The number of nitrogens with zero attached hydrogens (tertiary/aromatic N) is 2. The van der Waals surface area contributed by atoms with Gasteiger partial charge in [0.25, 0.3) is 0 Å². The lowest BCUT2D eigenvalue weighted by Gasteiger charge is -2.12. The van der Waals surface area contributed by atoms with Gasteiger partial charge in [-0.25, -0.2) is 0 Å². The number of allylic oxidation sites excluding steroid dienone is 1. The van der Waals surface area contributed by atoms with Crippen LogP contribution in [0.4, 0.5) is 0 Å². The van der Waals surface area contributed by atoms with Crippen LogP contribution in [-0.4, -0.2) is 22.7 Å². The second kappa shape index (κ2) is 8.57. The minimum absolute atomic E-state index is 0.0703. The molecule has 5 heteroatoms. The summed E-state index contributed by atoms with van der Waals surface area (Å²) in [5, 5.41) is 4.12. The van der Waals surface area contributed by atoms with Crippen molar-refractivity contribution in [2.24, 2.45) is 7.05 Å². The van der Waals surface area contributed by atoms with E-state index in [9.17, 15) is 4.79 Å². The molecule has 0 spiro atoms. The van der Waals surface area contributed by atoms with Crippen LogP contribution in [0.25, 0.3) is 6.08 Å². The van der Waals surface area contributed by atoms with Crippen molar-refractivity contribution in [1.29, 1.82) is 0 Å².